The molecule has 1 atom stereocenters. The van der Waals surface area contributed by atoms with Crippen molar-refractivity contribution < 1.29 is 4.74 Å². The topological polar surface area (TPSA) is 12.5 Å². The molecule has 0 aromatic heterocycles. The number of likely N-dealkylation sites (tertiary alicyclic amines) is 1. The fourth-order valence-electron chi connectivity index (χ4n) is 3.01. The normalized spacial score (nSPS) is 22.4. The summed E-state index contributed by atoms with van der Waals surface area (Å²) >= 11 is 0. The van der Waals surface area contributed by atoms with Gasteiger partial charge in [-0.25, -0.2) is 0 Å². The number of hydrogen-bond acceptors (Lipinski definition) is 2. The molecule has 0 bridgehead atoms. The molecule has 3 rings (SSSR count). The van der Waals surface area contributed by atoms with E-state index in [9.17, 15) is 0 Å². The molecule has 1 aromatic rings. The molecule has 0 radical (unpaired) electrons. The molecule has 0 aliphatic carbocycles. The second kappa shape index (κ2) is 6.48. The van der Waals surface area contributed by atoms with E-state index >= 15 is 0 Å². The Hall–Kier alpha value is -1.54. The van der Waals surface area contributed by atoms with Crippen molar-refractivity contribution in [1.29, 1.82) is 0 Å². The predicted molar refractivity (Wildman–Crippen MR) is 87.3 cm³/mol. The van der Waals surface area contributed by atoms with Crippen LogP contribution in [-0.2, 0) is 4.74 Å². The Morgan fingerprint density at radius 2 is 1.86 bits per heavy atom. The predicted octanol–water partition coefficient (Wildman–Crippen LogP) is 4.42. The van der Waals surface area contributed by atoms with Crippen LogP contribution in [0, 0.1) is 0 Å². The first-order valence-corrected chi connectivity index (χ1v) is 8.08. The van der Waals surface area contributed by atoms with Crippen molar-refractivity contribution >= 4 is 0 Å². The van der Waals surface area contributed by atoms with Gasteiger partial charge in [0.15, 0.2) is 0 Å². The maximum atomic E-state index is 6.17. The maximum absolute atomic E-state index is 6.17. The van der Waals surface area contributed by atoms with Gasteiger partial charge < -0.3 is 4.74 Å². The Balaban J connectivity index is 1.64. The lowest BCUT2D eigenvalue weighted by Gasteiger charge is -2.24. The van der Waals surface area contributed by atoms with E-state index in [-0.39, 0.29) is 6.10 Å². The third kappa shape index (κ3) is 3.56. The smallest absolute Gasteiger partial charge is 0.142 e. The zero-order chi connectivity index (χ0) is 14.7. The first-order valence-electron chi connectivity index (χ1n) is 8.08. The van der Waals surface area contributed by atoms with E-state index in [0.717, 1.165) is 12.3 Å². The van der Waals surface area contributed by atoms with E-state index < -0.39 is 0 Å². The largest absolute Gasteiger partial charge is 0.485 e. The Kier molecular flexibility index (Phi) is 4.45. The summed E-state index contributed by atoms with van der Waals surface area (Å²) in [6.45, 7) is 7.81. The number of nitrogens with zero attached hydrogens (tertiary/aromatic N) is 1. The quantitative estimate of drug-likeness (QED) is 0.811. The van der Waals surface area contributed by atoms with Crippen molar-refractivity contribution in [1.82, 2.24) is 4.90 Å². The van der Waals surface area contributed by atoms with E-state index in [4.69, 9.17) is 4.74 Å². The van der Waals surface area contributed by atoms with Crippen LogP contribution in [-0.4, -0.2) is 24.5 Å². The van der Waals surface area contributed by atoms with Gasteiger partial charge in [0, 0.05) is 0 Å². The minimum Gasteiger partial charge on any atom is -0.485 e. The molecule has 0 saturated carbocycles. The van der Waals surface area contributed by atoms with E-state index in [0.29, 0.717) is 5.92 Å². The number of allylic oxidation sites excluding steroid dienone is 2. The van der Waals surface area contributed by atoms with Gasteiger partial charge in [0.2, 0.25) is 0 Å². The lowest BCUT2D eigenvalue weighted by molar-refractivity contribution is 0.129. The first kappa shape index (κ1) is 14.4. The number of hydrogen-bond donors (Lipinski definition) is 0. The minimum atomic E-state index is 0.0637. The lowest BCUT2D eigenvalue weighted by Crippen LogP contribution is -2.24. The molecule has 1 unspecified atom stereocenters. The Morgan fingerprint density at radius 1 is 1.14 bits per heavy atom. The molecule has 2 heterocycles. The molecule has 1 fully saturated rings. The molecule has 2 nitrogen and oxygen atoms in total. The van der Waals surface area contributed by atoms with Crippen LogP contribution in [0.1, 0.15) is 49.8 Å². The average Bonchev–Trinajstić information content (AvgIpc) is 3.00. The van der Waals surface area contributed by atoms with Crippen LogP contribution in [0.3, 0.4) is 0 Å². The standard InChI is InChI=1S/C19H25NO/c1-15(2)16-8-10-17(11-9-16)19-7-5-6-18(21-19)14-20-12-3-4-13-20/h5-11,15,19H,3-4,12-14H2,1-2H3. The average molecular weight is 283 g/mol. The highest BCUT2D eigenvalue weighted by Gasteiger charge is 2.18. The van der Waals surface area contributed by atoms with Crippen LogP contribution in [0.2, 0.25) is 0 Å². The summed E-state index contributed by atoms with van der Waals surface area (Å²) in [4.78, 5) is 2.48. The van der Waals surface area contributed by atoms with Gasteiger partial charge in [0.1, 0.15) is 11.9 Å². The molecular formula is C19H25NO. The highest BCUT2D eigenvalue weighted by Crippen LogP contribution is 2.27. The van der Waals surface area contributed by atoms with Gasteiger partial charge in [-0.05, 0) is 55.1 Å². The van der Waals surface area contributed by atoms with Gasteiger partial charge in [-0.3, -0.25) is 4.90 Å². The summed E-state index contributed by atoms with van der Waals surface area (Å²) in [5.74, 6) is 1.67. The molecule has 112 valence electrons. The van der Waals surface area contributed by atoms with Crippen LogP contribution < -0.4 is 0 Å². The van der Waals surface area contributed by atoms with E-state index in [1.807, 2.05) is 0 Å². The van der Waals surface area contributed by atoms with Gasteiger partial charge in [0.25, 0.3) is 0 Å². The molecular weight excluding hydrogens is 258 g/mol. The van der Waals surface area contributed by atoms with E-state index in [2.05, 4.69) is 61.2 Å². The van der Waals surface area contributed by atoms with Crippen molar-refractivity contribution in [2.24, 2.45) is 0 Å². The third-order valence-corrected chi connectivity index (χ3v) is 4.36. The van der Waals surface area contributed by atoms with Crippen molar-refractivity contribution in [3.8, 4) is 0 Å². The molecule has 0 spiro atoms. The monoisotopic (exact) mass is 283 g/mol. The third-order valence-electron chi connectivity index (χ3n) is 4.36. The second-order valence-corrected chi connectivity index (χ2v) is 6.36. The van der Waals surface area contributed by atoms with Crippen molar-refractivity contribution in [3.05, 3.63) is 59.4 Å². The van der Waals surface area contributed by atoms with Crippen LogP contribution in [0.25, 0.3) is 0 Å². The van der Waals surface area contributed by atoms with Gasteiger partial charge in [0.05, 0.1) is 6.54 Å². The molecule has 2 aliphatic rings. The molecule has 1 aromatic carbocycles. The summed E-state index contributed by atoms with van der Waals surface area (Å²) in [5.41, 5.74) is 2.62. The molecule has 2 aliphatic heterocycles. The Morgan fingerprint density at radius 3 is 2.52 bits per heavy atom. The highest BCUT2D eigenvalue weighted by molar-refractivity contribution is 5.30. The molecule has 21 heavy (non-hydrogen) atoms. The fraction of sp³-hybridized carbons (Fsp3) is 0.474. The number of benzene rings is 1. The summed E-state index contributed by atoms with van der Waals surface area (Å²) in [6, 6.07) is 8.83. The Labute approximate surface area is 128 Å². The number of rotatable bonds is 4. The number of ether oxygens (including phenoxy) is 1. The fourth-order valence-corrected chi connectivity index (χ4v) is 3.01. The van der Waals surface area contributed by atoms with Gasteiger partial charge in [-0.1, -0.05) is 44.2 Å². The van der Waals surface area contributed by atoms with E-state index in [1.54, 1.807) is 0 Å². The van der Waals surface area contributed by atoms with Gasteiger partial charge in [-0.15, -0.1) is 0 Å². The lowest BCUT2D eigenvalue weighted by atomic mass is 9.99. The maximum Gasteiger partial charge on any atom is 0.142 e. The van der Waals surface area contributed by atoms with Gasteiger partial charge in [-0.2, -0.15) is 0 Å². The molecule has 1 saturated heterocycles. The zero-order valence-corrected chi connectivity index (χ0v) is 13.1. The summed E-state index contributed by atoms with van der Waals surface area (Å²) in [6.07, 6.45) is 9.09. The van der Waals surface area contributed by atoms with Crippen molar-refractivity contribution in [3.63, 3.8) is 0 Å². The molecule has 2 heteroatoms. The SMILES string of the molecule is CC(C)c1ccc(C2C=CC=C(CN3CCCC3)O2)cc1. The first-order chi connectivity index (χ1) is 10.2. The van der Waals surface area contributed by atoms with Crippen molar-refractivity contribution in [2.75, 3.05) is 19.6 Å². The zero-order valence-electron chi connectivity index (χ0n) is 13.1. The Bertz CT molecular complexity index is 521. The summed E-state index contributed by atoms with van der Waals surface area (Å²) in [5, 5.41) is 0. The highest BCUT2D eigenvalue weighted by atomic mass is 16.5. The van der Waals surface area contributed by atoms with Crippen LogP contribution in [0.4, 0.5) is 0 Å². The van der Waals surface area contributed by atoms with Crippen LogP contribution in [0.15, 0.2) is 48.3 Å². The van der Waals surface area contributed by atoms with Crippen LogP contribution >= 0.6 is 0 Å². The van der Waals surface area contributed by atoms with Crippen molar-refractivity contribution in [2.45, 2.75) is 38.7 Å². The minimum absolute atomic E-state index is 0.0637. The molecule has 0 N–H and O–H groups in total. The van der Waals surface area contributed by atoms with Crippen LogP contribution in [0.5, 0.6) is 0 Å². The summed E-state index contributed by atoms with van der Waals surface area (Å²) in [7, 11) is 0. The second-order valence-electron chi connectivity index (χ2n) is 6.36. The summed E-state index contributed by atoms with van der Waals surface area (Å²) < 4.78 is 6.17. The van der Waals surface area contributed by atoms with E-state index in [1.165, 1.54) is 37.1 Å². The van der Waals surface area contributed by atoms with Gasteiger partial charge >= 0.3 is 0 Å². The molecule has 0 amide bonds.